The van der Waals surface area contributed by atoms with Crippen LogP contribution in [0.4, 0.5) is 0 Å². The predicted octanol–water partition coefficient (Wildman–Crippen LogP) is -2.57. The molecule has 5 atom stereocenters. The Morgan fingerprint density at radius 3 is 2.46 bits per heavy atom. The van der Waals surface area contributed by atoms with Crippen LogP contribution in [-0.4, -0.2) is 64.8 Å². The molecule has 4 N–H and O–H groups in total. The smallest absolute Gasteiger partial charge is 0.184 e. The van der Waals surface area contributed by atoms with Crippen molar-refractivity contribution in [1.82, 2.24) is 0 Å². The lowest BCUT2D eigenvalue weighted by Gasteiger charge is -2.39. The van der Waals surface area contributed by atoms with Gasteiger partial charge in [-0.3, -0.25) is 0 Å². The first-order valence-electron chi connectivity index (χ1n) is 4.34. The zero-order valence-electron chi connectivity index (χ0n) is 8.12. The van der Waals surface area contributed by atoms with Crippen LogP contribution in [0, 0.1) is 0 Å². The fourth-order valence-corrected chi connectivity index (χ4v) is 1.25. The maximum Gasteiger partial charge on any atom is 0.184 e. The van der Waals surface area contributed by atoms with Gasteiger partial charge in [-0.05, 0) is 0 Å². The van der Waals surface area contributed by atoms with Crippen molar-refractivity contribution in [2.75, 3.05) is 13.7 Å². The second kappa shape index (κ2) is 4.32. The average Bonchev–Trinajstić information content (AvgIpc) is 2.13. The molecule has 0 amide bonds. The zero-order valence-corrected chi connectivity index (χ0v) is 7.12. The van der Waals surface area contributed by atoms with Crippen LogP contribution < -0.4 is 0 Å². The van der Waals surface area contributed by atoms with Gasteiger partial charge < -0.3 is 29.9 Å². The Morgan fingerprint density at radius 2 is 2.00 bits per heavy atom. The van der Waals surface area contributed by atoms with Crippen molar-refractivity contribution in [2.24, 2.45) is 0 Å². The van der Waals surface area contributed by atoms with Gasteiger partial charge in [-0.2, -0.15) is 0 Å². The SMILES string of the molecule is [2H][C@@]1(O)O[C@H](CO)[C@@H](O)[C@H](OC)[C@H]1O. The average molecular weight is 195 g/mol. The van der Waals surface area contributed by atoms with E-state index < -0.39 is 37.3 Å². The summed E-state index contributed by atoms with van der Waals surface area (Å²) in [6.45, 7) is -0.574. The monoisotopic (exact) mass is 195 g/mol. The lowest BCUT2D eigenvalue weighted by atomic mass is 9.99. The Balaban J connectivity index is 2.83. The van der Waals surface area contributed by atoms with Crippen LogP contribution in [-0.2, 0) is 9.47 Å². The zero-order chi connectivity index (χ0) is 10.9. The molecular formula is C7H14O6. The van der Waals surface area contributed by atoms with Gasteiger partial charge in [-0.15, -0.1) is 0 Å². The first kappa shape index (κ1) is 9.32. The summed E-state index contributed by atoms with van der Waals surface area (Å²) in [7, 11) is 1.22. The van der Waals surface area contributed by atoms with Gasteiger partial charge in [0.15, 0.2) is 6.27 Å². The Labute approximate surface area is 76.7 Å². The third-order valence-electron chi connectivity index (χ3n) is 2.01. The first-order chi connectivity index (χ1) is 6.44. The number of rotatable bonds is 2. The van der Waals surface area contributed by atoms with E-state index in [4.69, 9.17) is 11.2 Å². The molecule has 1 fully saturated rings. The predicted molar refractivity (Wildman–Crippen MR) is 40.8 cm³/mol. The highest BCUT2D eigenvalue weighted by Crippen LogP contribution is 2.21. The molecule has 1 heterocycles. The van der Waals surface area contributed by atoms with Gasteiger partial charge in [0.05, 0.1) is 7.98 Å². The Bertz CT molecular complexity index is 199. The number of ether oxygens (including phenoxy) is 2. The lowest BCUT2D eigenvalue weighted by molar-refractivity contribution is -0.290. The van der Waals surface area contributed by atoms with Crippen LogP contribution in [0.2, 0.25) is 0 Å². The minimum atomic E-state index is -2.58. The second-order valence-electron chi connectivity index (χ2n) is 2.81. The Hall–Kier alpha value is -0.240. The van der Waals surface area contributed by atoms with Crippen LogP contribution >= 0.6 is 0 Å². The number of methoxy groups -OCH3 is 1. The van der Waals surface area contributed by atoms with Crippen molar-refractivity contribution in [3.63, 3.8) is 0 Å². The number of aliphatic hydroxyl groups is 4. The lowest BCUT2D eigenvalue weighted by Crippen LogP contribution is -2.59. The van der Waals surface area contributed by atoms with E-state index in [2.05, 4.69) is 4.74 Å². The van der Waals surface area contributed by atoms with Crippen LogP contribution in [0.1, 0.15) is 1.37 Å². The molecule has 0 radical (unpaired) electrons. The van der Waals surface area contributed by atoms with E-state index in [-0.39, 0.29) is 0 Å². The fraction of sp³-hybridized carbons (Fsp3) is 1.00. The van der Waals surface area contributed by atoms with E-state index in [0.29, 0.717) is 0 Å². The van der Waals surface area contributed by atoms with E-state index >= 15 is 0 Å². The van der Waals surface area contributed by atoms with Crippen molar-refractivity contribution < 1.29 is 31.3 Å². The third kappa shape index (κ3) is 1.98. The van der Waals surface area contributed by atoms with E-state index in [1.165, 1.54) is 7.11 Å². The molecule has 0 unspecified atom stereocenters. The molecule has 0 aromatic carbocycles. The van der Waals surface area contributed by atoms with Gasteiger partial charge in [-0.25, -0.2) is 0 Å². The van der Waals surface area contributed by atoms with Crippen molar-refractivity contribution in [3.8, 4) is 0 Å². The maximum atomic E-state index is 9.47. The molecule has 0 spiro atoms. The van der Waals surface area contributed by atoms with Gasteiger partial charge in [0, 0.05) is 7.11 Å². The highest BCUT2D eigenvalue weighted by Gasteiger charge is 2.43. The van der Waals surface area contributed by atoms with Crippen LogP contribution in [0.3, 0.4) is 0 Å². The first-order valence-corrected chi connectivity index (χ1v) is 3.84. The third-order valence-corrected chi connectivity index (χ3v) is 2.01. The van der Waals surface area contributed by atoms with Gasteiger partial charge in [-0.1, -0.05) is 0 Å². The number of hydrogen-bond donors (Lipinski definition) is 4. The molecule has 0 aliphatic carbocycles. The Kier molecular flexibility index (Phi) is 3.09. The summed E-state index contributed by atoms with van der Waals surface area (Å²) in [5.41, 5.74) is 0. The Morgan fingerprint density at radius 1 is 1.38 bits per heavy atom. The molecule has 1 aliphatic rings. The van der Waals surface area contributed by atoms with Crippen LogP contribution in [0.25, 0.3) is 0 Å². The summed E-state index contributed by atoms with van der Waals surface area (Å²) in [6.07, 6.45) is -7.86. The molecular weight excluding hydrogens is 180 g/mol. The molecule has 1 saturated heterocycles. The van der Waals surface area contributed by atoms with E-state index in [1.807, 2.05) is 0 Å². The van der Waals surface area contributed by atoms with Crippen molar-refractivity contribution in [3.05, 3.63) is 0 Å². The molecule has 0 aromatic rings. The van der Waals surface area contributed by atoms with Gasteiger partial charge in [0.1, 0.15) is 24.4 Å². The number of hydrogen-bond acceptors (Lipinski definition) is 6. The van der Waals surface area contributed by atoms with E-state index in [1.54, 1.807) is 0 Å². The molecule has 0 bridgehead atoms. The van der Waals surface area contributed by atoms with E-state index in [0.717, 1.165) is 0 Å². The molecule has 1 aliphatic heterocycles. The second-order valence-corrected chi connectivity index (χ2v) is 2.81. The molecule has 0 saturated carbocycles. The summed E-state index contributed by atoms with van der Waals surface area (Å²) in [4.78, 5) is 0. The summed E-state index contributed by atoms with van der Waals surface area (Å²) >= 11 is 0. The number of aliphatic hydroxyl groups excluding tert-OH is 3. The quantitative estimate of drug-likeness (QED) is 0.386. The molecule has 78 valence electrons. The van der Waals surface area contributed by atoms with Gasteiger partial charge >= 0.3 is 0 Å². The van der Waals surface area contributed by atoms with Crippen molar-refractivity contribution in [2.45, 2.75) is 30.7 Å². The van der Waals surface area contributed by atoms with Crippen LogP contribution in [0.5, 0.6) is 0 Å². The minimum absolute atomic E-state index is 0.574. The minimum Gasteiger partial charge on any atom is -0.394 e. The fourth-order valence-electron chi connectivity index (χ4n) is 1.25. The summed E-state index contributed by atoms with van der Waals surface area (Å²) in [5.74, 6) is 0. The van der Waals surface area contributed by atoms with Crippen molar-refractivity contribution in [1.29, 1.82) is 0 Å². The standard InChI is InChI=1S/C7H14O6/c1-12-6-4(9)3(2-8)13-7(11)5(6)10/h3-11H,2H2,1H3/t3-,4-,5-,6+,7-/m1/s1/i7D. The molecule has 0 aromatic heterocycles. The molecule has 6 nitrogen and oxygen atoms in total. The molecule has 6 heteroatoms. The highest BCUT2D eigenvalue weighted by molar-refractivity contribution is 4.89. The van der Waals surface area contributed by atoms with Gasteiger partial charge in [0.2, 0.25) is 0 Å². The van der Waals surface area contributed by atoms with Crippen LogP contribution in [0.15, 0.2) is 0 Å². The summed E-state index contributed by atoms with van der Waals surface area (Å²) in [6, 6.07) is 0. The molecule has 1 rings (SSSR count). The maximum absolute atomic E-state index is 9.47. The summed E-state index contributed by atoms with van der Waals surface area (Å²) in [5, 5.41) is 36.9. The van der Waals surface area contributed by atoms with Crippen molar-refractivity contribution >= 4 is 0 Å². The molecule has 13 heavy (non-hydrogen) atoms. The normalized spacial score (nSPS) is 53.2. The van der Waals surface area contributed by atoms with Gasteiger partial charge in [0.25, 0.3) is 0 Å². The summed E-state index contributed by atoms with van der Waals surface area (Å²) < 4.78 is 16.5. The van der Waals surface area contributed by atoms with E-state index in [9.17, 15) is 15.3 Å². The topological polar surface area (TPSA) is 99.4 Å². The highest BCUT2D eigenvalue weighted by atomic mass is 16.6. The largest absolute Gasteiger partial charge is 0.394 e.